The minimum Gasteiger partial charge on any atom is -0.479 e. The van der Waals surface area contributed by atoms with Gasteiger partial charge in [0.2, 0.25) is 0 Å². The molecule has 1 aliphatic rings. The van der Waals surface area contributed by atoms with Gasteiger partial charge in [0.15, 0.2) is 11.4 Å². The molecule has 104 valence electrons. The Morgan fingerprint density at radius 2 is 2.20 bits per heavy atom. The van der Waals surface area contributed by atoms with E-state index in [1.807, 2.05) is 0 Å². The minimum absolute atomic E-state index is 0.199. The quantitative estimate of drug-likeness (QED) is 0.846. The average Bonchev–Trinajstić information content (AvgIpc) is 2.80. The van der Waals surface area contributed by atoms with Gasteiger partial charge in [0.25, 0.3) is 5.56 Å². The Labute approximate surface area is 113 Å². The zero-order valence-corrected chi connectivity index (χ0v) is 10.9. The second kappa shape index (κ2) is 4.26. The van der Waals surface area contributed by atoms with Crippen molar-refractivity contribution in [2.75, 3.05) is 0 Å². The maximum atomic E-state index is 11.7. The second-order valence-electron chi connectivity index (χ2n) is 4.97. The summed E-state index contributed by atoms with van der Waals surface area (Å²) >= 11 is 0. The fourth-order valence-electron chi connectivity index (χ4n) is 2.37. The fourth-order valence-corrected chi connectivity index (χ4v) is 2.37. The van der Waals surface area contributed by atoms with Crippen LogP contribution in [0.25, 0.3) is 11.4 Å². The summed E-state index contributed by atoms with van der Waals surface area (Å²) in [6.07, 6.45) is 3.41. The number of tetrazole rings is 1. The lowest BCUT2D eigenvalue weighted by molar-refractivity contribution is -0.153. The largest absolute Gasteiger partial charge is 0.479 e. The van der Waals surface area contributed by atoms with Crippen LogP contribution >= 0.6 is 0 Å². The van der Waals surface area contributed by atoms with Crippen LogP contribution < -0.4 is 5.56 Å². The molecular weight excluding hydrogens is 262 g/mol. The van der Waals surface area contributed by atoms with E-state index in [4.69, 9.17) is 0 Å². The third-order valence-electron chi connectivity index (χ3n) is 3.82. The van der Waals surface area contributed by atoms with Crippen LogP contribution in [0, 0.1) is 0 Å². The molecule has 20 heavy (non-hydrogen) atoms. The molecule has 1 fully saturated rings. The Hall–Kier alpha value is -2.51. The fraction of sp³-hybridized carbons (Fsp3) is 0.417. The number of hydrogen-bond donors (Lipinski definition) is 1. The first kappa shape index (κ1) is 12.5. The monoisotopic (exact) mass is 275 g/mol. The van der Waals surface area contributed by atoms with Crippen LogP contribution in [-0.2, 0) is 17.4 Å². The van der Waals surface area contributed by atoms with Gasteiger partial charge in [-0.25, -0.2) is 9.48 Å². The molecule has 2 heterocycles. The molecule has 0 radical (unpaired) electrons. The van der Waals surface area contributed by atoms with Crippen molar-refractivity contribution in [2.45, 2.75) is 24.8 Å². The van der Waals surface area contributed by atoms with E-state index in [0.717, 1.165) is 6.42 Å². The summed E-state index contributed by atoms with van der Waals surface area (Å²) in [4.78, 5) is 23.2. The minimum atomic E-state index is -1.08. The first-order chi connectivity index (χ1) is 9.54. The van der Waals surface area contributed by atoms with Crippen molar-refractivity contribution in [1.29, 1.82) is 0 Å². The van der Waals surface area contributed by atoms with E-state index in [1.165, 1.54) is 15.3 Å². The van der Waals surface area contributed by atoms with E-state index in [-0.39, 0.29) is 5.56 Å². The molecule has 0 atom stereocenters. The van der Waals surface area contributed by atoms with Gasteiger partial charge in [0, 0.05) is 24.9 Å². The Morgan fingerprint density at radius 3 is 2.75 bits per heavy atom. The Morgan fingerprint density at radius 1 is 1.45 bits per heavy atom. The van der Waals surface area contributed by atoms with Gasteiger partial charge < -0.3 is 9.67 Å². The van der Waals surface area contributed by atoms with Gasteiger partial charge in [-0.1, -0.05) is 0 Å². The zero-order valence-electron chi connectivity index (χ0n) is 10.9. The highest BCUT2D eigenvalue weighted by Crippen LogP contribution is 2.40. The van der Waals surface area contributed by atoms with Gasteiger partial charge >= 0.3 is 5.97 Å². The summed E-state index contributed by atoms with van der Waals surface area (Å²) in [6.45, 7) is 0. The normalized spacial score (nSPS) is 16.6. The van der Waals surface area contributed by atoms with Crippen LogP contribution in [0.1, 0.15) is 19.3 Å². The maximum absolute atomic E-state index is 11.7. The van der Waals surface area contributed by atoms with Crippen molar-refractivity contribution in [3.8, 4) is 11.4 Å². The van der Waals surface area contributed by atoms with E-state index in [1.54, 1.807) is 19.3 Å². The number of carboxylic acids is 1. The summed E-state index contributed by atoms with van der Waals surface area (Å²) in [5.74, 6) is -0.633. The first-order valence-corrected chi connectivity index (χ1v) is 6.24. The molecule has 0 amide bonds. The predicted octanol–water partition coefficient (Wildman–Crippen LogP) is 0.00260. The summed E-state index contributed by atoms with van der Waals surface area (Å²) in [6, 6.07) is 3.09. The van der Waals surface area contributed by atoms with Gasteiger partial charge in [-0.15, -0.1) is 5.10 Å². The Kier molecular flexibility index (Phi) is 2.66. The number of aromatic nitrogens is 5. The van der Waals surface area contributed by atoms with Gasteiger partial charge in [0.05, 0.1) is 0 Å². The molecule has 2 aromatic rings. The van der Waals surface area contributed by atoms with Crippen molar-refractivity contribution in [2.24, 2.45) is 7.05 Å². The van der Waals surface area contributed by atoms with Gasteiger partial charge in [-0.3, -0.25) is 4.79 Å². The van der Waals surface area contributed by atoms with Crippen molar-refractivity contribution in [3.63, 3.8) is 0 Å². The van der Waals surface area contributed by atoms with Crippen molar-refractivity contribution < 1.29 is 9.90 Å². The maximum Gasteiger partial charge on any atom is 0.331 e. The Balaban J connectivity index is 2.13. The van der Waals surface area contributed by atoms with Crippen LogP contribution in [0.3, 0.4) is 0 Å². The third-order valence-corrected chi connectivity index (χ3v) is 3.82. The standard InChI is InChI=1S/C12H13N5O3/c1-16-6-3-8(7-9(16)18)10-13-14-15-17(10)12(11(19)20)4-2-5-12/h3,6-7H,2,4-5H2,1H3,(H,19,20). The average molecular weight is 275 g/mol. The van der Waals surface area contributed by atoms with Crippen LogP contribution in [0.4, 0.5) is 0 Å². The van der Waals surface area contributed by atoms with E-state index in [0.29, 0.717) is 24.2 Å². The predicted molar refractivity (Wildman–Crippen MR) is 68.0 cm³/mol. The molecule has 0 bridgehead atoms. The smallest absolute Gasteiger partial charge is 0.331 e. The molecule has 0 aromatic carbocycles. The summed E-state index contributed by atoms with van der Waals surface area (Å²) in [5.41, 5.74) is -0.763. The van der Waals surface area contributed by atoms with Gasteiger partial charge in [-0.2, -0.15) is 0 Å². The highest BCUT2D eigenvalue weighted by atomic mass is 16.4. The van der Waals surface area contributed by atoms with Crippen molar-refractivity contribution in [3.05, 3.63) is 28.7 Å². The molecule has 2 aromatic heterocycles. The second-order valence-corrected chi connectivity index (χ2v) is 4.97. The van der Waals surface area contributed by atoms with Crippen LogP contribution in [-0.4, -0.2) is 35.9 Å². The van der Waals surface area contributed by atoms with Crippen molar-refractivity contribution >= 4 is 5.97 Å². The number of rotatable bonds is 3. The molecule has 0 unspecified atom stereocenters. The number of aryl methyl sites for hydroxylation is 1. The van der Waals surface area contributed by atoms with E-state index in [9.17, 15) is 14.7 Å². The molecule has 1 saturated carbocycles. The highest BCUT2D eigenvalue weighted by molar-refractivity contribution is 5.78. The lowest BCUT2D eigenvalue weighted by Crippen LogP contribution is -2.48. The summed E-state index contributed by atoms with van der Waals surface area (Å²) < 4.78 is 2.75. The lowest BCUT2D eigenvalue weighted by atomic mass is 9.76. The first-order valence-electron chi connectivity index (χ1n) is 6.24. The van der Waals surface area contributed by atoms with Gasteiger partial charge in [-0.05, 0) is 35.8 Å². The van der Waals surface area contributed by atoms with E-state index < -0.39 is 11.5 Å². The number of hydrogen-bond acceptors (Lipinski definition) is 5. The molecular formula is C12H13N5O3. The van der Waals surface area contributed by atoms with Crippen molar-refractivity contribution in [1.82, 2.24) is 24.8 Å². The molecule has 1 N–H and O–H groups in total. The van der Waals surface area contributed by atoms with Crippen LogP contribution in [0.5, 0.6) is 0 Å². The topological polar surface area (TPSA) is 103 Å². The summed E-state index contributed by atoms with van der Waals surface area (Å²) in [7, 11) is 1.64. The van der Waals surface area contributed by atoms with E-state index >= 15 is 0 Å². The van der Waals surface area contributed by atoms with Crippen LogP contribution in [0.15, 0.2) is 23.1 Å². The number of aliphatic carboxylic acids is 1. The Bertz CT molecular complexity index is 729. The number of carbonyl (C=O) groups is 1. The molecule has 0 aliphatic heterocycles. The molecule has 8 nitrogen and oxygen atoms in total. The molecule has 8 heteroatoms. The SMILES string of the molecule is Cn1ccc(-c2nnnn2C2(C(=O)O)CCC2)cc1=O. The molecule has 0 saturated heterocycles. The summed E-state index contributed by atoms with van der Waals surface area (Å²) in [5, 5.41) is 20.7. The van der Waals surface area contributed by atoms with Crippen LogP contribution in [0.2, 0.25) is 0 Å². The zero-order chi connectivity index (χ0) is 14.3. The van der Waals surface area contributed by atoms with E-state index in [2.05, 4.69) is 15.5 Å². The lowest BCUT2D eigenvalue weighted by Gasteiger charge is -2.37. The number of nitrogens with zero attached hydrogens (tertiary/aromatic N) is 5. The third kappa shape index (κ3) is 1.64. The van der Waals surface area contributed by atoms with Gasteiger partial charge in [0.1, 0.15) is 0 Å². The molecule has 3 rings (SSSR count). The molecule has 0 spiro atoms. The highest BCUT2D eigenvalue weighted by Gasteiger charge is 2.49. The number of carboxylic acid groups (broad SMARTS) is 1. The molecule has 1 aliphatic carbocycles. The number of pyridine rings is 1.